The van der Waals surface area contributed by atoms with Gasteiger partial charge in [-0.3, -0.25) is 4.55 Å². The molecule has 0 fully saturated rings. The fourth-order valence-corrected chi connectivity index (χ4v) is 2.06. The topological polar surface area (TPSA) is 54.4 Å². The van der Waals surface area contributed by atoms with Crippen LogP contribution in [-0.4, -0.2) is 19.2 Å². The lowest BCUT2D eigenvalue weighted by atomic mass is 10.1. The van der Waals surface area contributed by atoms with Crippen molar-refractivity contribution in [2.24, 2.45) is 0 Å². The van der Waals surface area contributed by atoms with Crippen LogP contribution >= 0.6 is 0 Å². The Bertz CT molecular complexity index is 362. The molecule has 0 rings (SSSR count). The predicted molar refractivity (Wildman–Crippen MR) is 103 cm³/mol. The third kappa shape index (κ3) is 38.8. The summed E-state index contributed by atoms with van der Waals surface area (Å²) in [6.07, 6.45) is 26.2. The molecule has 0 aliphatic heterocycles. The molecule has 0 aromatic carbocycles. The molecule has 0 atom stereocenters. The van der Waals surface area contributed by atoms with Gasteiger partial charge in [-0.15, -0.1) is 0 Å². The van der Waals surface area contributed by atoms with E-state index in [2.05, 4.69) is 38.2 Å². The summed E-state index contributed by atoms with van der Waals surface area (Å²) in [5.41, 5.74) is 0. The van der Waals surface area contributed by atoms with Crippen molar-refractivity contribution in [2.45, 2.75) is 90.9 Å². The summed E-state index contributed by atoms with van der Waals surface area (Å²) in [7, 11) is -3.67. The van der Waals surface area contributed by atoms with Crippen molar-refractivity contribution in [3.63, 3.8) is 0 Å². The summed E-state index contributed by atoms with van der Waals surface area (Å²) in [5.74, 6) is 0. The first-order chi connectivity index (χ1) is 10.9. The van der Waals surface area contributed by atoms with E-state index in [0.717, 1.165) is 6.42 Å². The van der Waals surface area contributed by atoms with Crippen molar-refractivity contribution in [1.29, 1.82) is 0 Å². The second kappa shape index (κ2) is 19.4. The van der Waals surface area contributed by atoms with E-state index in [1.807, 2.05) is 0 Å². The molecule has 0 aliphatic rings. The number of allylic oxidation sites excluding steroid dienone is 4. The molecule has 0 amide bonds. The Labute approximate surface area is 145 Å². The lowest BCUT2D eigenvalue weighted by Crippen LogP contribution is -1.88. The highest BCUT2D eigenvalue weighted by atomic mass is 32.2. The molecular weight excluding hydrogens is 308 g/mol. The number of unbranched alkanes of at least 4 members (excludes halogenated alkanes) is 9. The van der Waals surface area contributed by atoms with Crippen LogP contribution < -0.4 is 0 Å². The van der Waals surface area contributed by atoms with Gasteiger partial charge < -0.3 is 0 Å². The summed E-state index contributed by atoms with van der Waals surface area (Å²) < 4.78 is 25.9. The second-order valence-corrected chi connectivity index (χ2v) is 7.43. The van der Waals surface area contributed by atoms with Crippen LogP contribution in [-0.2, 0) is 10.1 Å². The molecule has 0 saturated carbocycles. The first-order valence-electron chi connectivity index (χ1n) is 9.14. The molecule has 0 aromatic rings. The third-order valence-corrected chi connectivity index (χ3v) is 3.30. The Morgan fingerprint density at radius 2 is 1.04 bits per heavy atom. The Morgan fingerprint density at radius 3 is 1.52 bits per heavy atom. The fourth-order valence-electron chi connectivity index (χ4n) is 2.06. The summed E-state index contributed by atoms with van der Waals surface area (Å²) in [4.78, 5) is 0. The Balaban J connectivity index is 0. The second-order valence-electron chi connectivity index (χ2n) is 5.96. The molecule has 138 valence electrons. The van der Waals surface area contributed by atoms with Gasteiger partial charge in [-0.2, -0.15) is 8.42 Å². The minimum Gasteiger partial charge on any atom is -0.286 e. The summed E-state index contributed by atoms with van der Waals surface area (Å²) in [6.45, 7) is 4.53. The lowest BCUT2D eigenvalue weighted by molar-refractivity contribution is 0.490. The molecule has 1 N–H and O–H groups in total. The summed E-state index contributed by atoms with van der Waals surface area (Å²) >= 11 is 0. The molecule has 0 radical (unpaired) electrons. The van der Waals surface area contributed by atoms with Crippen LogP contribution in [0, 0.1) is 0 Å². The minimum absolute atomic E-state index is 0.715. The molecule has 0 aliphatic carbocycles. The first kappa shape index (κ1) is 24.6. The van der Waals surface area contributed by atoms with Crippen molar-refractivity contribution in [2.75, 3.05) is 6.26 Å². The van der Waals surface area contributed by atoms with Gasteiger partial charge >= 0.3 is 0 Å². The number of hydrogen-bond acceptors (Lipinski definition) is 2. The van der Waals surface area contributed by atoms with Crippen LogP contribution in [0.5, 0.6) is 0 Å². The molecular formula is C19H38O3S. The van der Waals surface area contributed by atoms with Crippen molar-refractivity contribution >= 4 is 10.1 Å². The number of rotatable bonds is 13. The highest BCUT2D eigenvalue weighted by molar-refractivity contribution is 7.85. The van der Waals surface area contributed by atoms with Gasteiger partial charge in [0.2, 0.25) is 0 Å². The molecule has 3 nitrogen and oxygen atoms in total. The van der Waals surface area contributed by atoms with Crippen LogP contribution in [0.15, 0.2) is 24.3 Å². The van der Waals surface area contributed by atoms with Gasteiger partial charge in [-0.25, -0.2) is 0 Å². The highest BCUT2D eigenvalue weighted by Gasteiger charge is 1.87. The van der Waals surface area contributed by atoms with Gasteiger partial charge in [0.1, 0.15) is 0 Å². The van der Waals surface area contributed by atoms with Crippen LogP contribution in [0.2, 0.25) is 0 Å². The van der Waals surface area contributed by atoms with Crippen molar-refractivity contribution in [3.05, 3.63) is 24.3 Å². The van der Waals surface area contributed by atoms with Crippen LogP contribution in [0.4, 0.5) is 0 Å². The molecule has 4 heteroatoms. The van der Waals surface area contributed by atoms with E-state index in [-0.39, 0.29) is 0 Å². The van der Waals surface area contributed by atoms with E-state index in [4.69, 9.17) is 4.55 Å². The maximum atomic E-state index is 9.19. The molecule has 0 saturated heterocycles. The van der Waals surface area contributed by atoms with E-state index < -0.39 is 10.1 Å². The van der Waals surface area contributed by atoms with Crippen molar-refractivity contribution in [1.82, 2.24) is 0 Å². The Hall–Kier alpha value is -0.610. The average molecular weight is 347 g/mol. The maximum absolute atomic E-state index is 9.19. The summed E-state index contributed by atoms with van der Waals surface area (Å²) in [5, 5.41) is 0. The third-order valence-electron chi connectivity index (χ3n) is 3.30. The smallest absolute Gasteiger partial charge is 0.261 e. The van der Waals surface area contributed by atoms with Crippen molar-refractivity contribution < 1.29 is 13.0 Å². The van der Waals surface area contributed by atoms with Crippen LogP contribution in [0.1, 0.15) is 90.9 Å². The van der Waals surface area contributed by atoms with Gasteiger partial charge in [0.15, 0.2) is 0 Å². The molecule has 23 heavy (non-hydrogen) atoms. The molecule has 0 spiro atoms. The first-order valence-corrected chi connectivity index (χ1v) is 11.0. The standard InChI is InChI=1S/C18H34.CH4O3S/c1-3-5-7-9-11-13-15-17-18-16-14-12-10-8-6-4-2;1-5(2,3)4/h11,13,17-18H,3-10,12,14-16H2,1-2H3;1H3,(H,2,3,4)/b13-11-,18-17-;. The maximum Gasteiger partial charge on any atom is 0.261 e. The lowest BCUT2D eigenvalue weighted by Gasteiger charge is -1.97. The molecule has 0 aromatic heterocycles. The highest BCUT2D eigenvalue weighted by Crippen LogP contribution is 2.07. The monoisotopic (exact) mass is 346 g/mol. The predicted octanol–water partition coefficient (Wildman–Crippen LogP) is 6.32. The zero-order chi connectivity index (χ0) is 17.8. The normalized spacial score (nSPS) is 11.8. The number of hydrogen-bond donors (Lipinski definition) is 1. The molecule has 0 bridgehead atoms. The van der Waals surface area contributed by atoms with E-state index >= 15 is 0 Å². The van der Waals surface area contributed by atoms with Gasteiger partial charge in [0.05, 0.1) is 6.26 Å². The average Bonchev–Trinajstić information content (AvgIpc) is 2.46. The molecule has 0 unspecified atom stereocenters. The van der Waals surface area contributed by atoms with Crippen molar-refractivity contribution in [3.8, 4) is 0 Å². The minimum atomic E-state index is -3.67. The van der Waals surface area contributed by atoms with E-state index in [9.17, 15) is 8.42 Å². The van der Waals surface area contributed by atoms with Crippen LogP contribution in [0.25, 0.3) is 0 Å². The summed E-state index contributed by atoms with van der Waals surface area (Å²) in [6, 6.07) is 0. The van der Waals surface area contributed by atoms with E-state index in [0.29, 0.717) is 6.26 Å². The zero-order valence-corrected chi connectivity index (χ0v) is 16.3. The van der Waals surface area contributed by atoms with E-state index in [1.54, 1.807) is 0 Å². The van der Waals surface area contributed by atoms with Gasteiger partial charge in [0.25, 0.3) is 10.1 Å². The SMILES string of the molecule is CCCCC/C=C\C/C=C\CCCCCCCC.CS(=O)(=O)O. The Morgan fingerprint density at radius 1 is 0.696 bits per heavy atom. The largest absolute Gasteiger partial charge is 0.286 e. The Kier molecular flexibility index (Phi) is 20.8. The van der Waals surface area contributed by atoms with E-state index in [1.165, 1.54) is 70.6 Å². The quantitative estimate of drug-likeness (QED) is 0.241. The van der Waals surface area contributed by atoms with Crippen LogP contribution in [0.3, 0.4) is 0 Å². The van der Waals surface area contributed by atoms with Gasteiger partial charge in [-0.05, 0) is 32.1 Å². The fraction of sp³-hybridized carbons (Fsp3) is 0.789. The zero-order valence-electron chi connectivity index (χ0n) is 15.5. The van der Waals surface area contributed by atoms with Gasteiger partial charge in [0, 0.05) is 0 Å². The van der Waals surface area contributed by atoms with Gasteiger partial charge in [-0.1, -0.05) is 83.1 Å². The molecule has 0 heterocycles.